The van der Waals surface area contributed by atoms with Gasteiger partial charge in [0.15, 0.2) is 0 Å². The zero-order chi connectivity index (χ0) is 11.8. The van der Waals surface area contributed by atoms with E-state index in [1.54, 1.807) is 6.92 Å². The third-order valence-corrected chi connectivity index (χ3v) is 3.28. The average Bonchev–Trinajstić information content (AvgIpc) is 2.38. The number of fused-ring (bicyclic) bond motifs is 1. The van der Waals surface area contributed by atoms with Crippen molar-refractivity contribution >= 4 is 17.4 Å². The van der Waals surface area contributed by atoms with Gasteiger partial charge in [0.1, 0.15) is 5.78 Å². The fourth-order valence-corrected chi connectivity index (χ4v) is 1.96. The number of hydrogen-bond acceptors (Lipinski definition) is 1. The number of hydrogen-bond donors (Lipinski definition) is 0. The van der Waals surface area contributed by atoms with E-state index in [1.165, 1.54) is 10.8 Å². The van der Waals surface area contributed by atoms with Gasteiger partial charge in [-0.15, -0.1) is 0 Å². The molecular formula is C15H16O. The lowest BCUT2D eigenvalue weighted by Crippen LogP contribution is -2.29. The molecule has 1 aliphatic rings. The largest absolute Gasteiger partial charge is 0.299 e. The van der Waals surface area contributed by atoms with Crippen molar-refractivity contribution < 1.29 is 4.79 Å². The number of ketones is 1. The third-order valence-electron chi connectivity index (χ3n) is 3.28. The fraction of sp³-hybridized carbons (Fsp3) is 0.267. The minimum Gasteiger partial charge on any atom is -0.299 e. The summed E-state index contributed by atoms with van der Waals surface area (Å²) in [6, 6.07) is 8.19. The maximum absolute atomic E-state index is 11.7. The first kappa shape index (κ1) is 10.9. The molecular weight excluding hydrogens is 196 g/mol. The molecule has 1 aliphatic carbocycles. The van der Waals surface area contributed by atoms with Crippen molar-refractivity contribution in [2.75, 3.05) is 0 Å². The first-order valence-corrected chi connectivity index (χ1v) is 5.52. The average molecular weight is 212 g/mol. The summed E-state index contributed by atoms with van der Waals surface area (Å²) in [5, 5.41) is 2.35. The van der Waals surface area contributed by atoms with Gasteiger partial charge < -0.3 is 0 Å². The number of benzene rings is 1. The van der Waals surface area contributed by atoms with Crippen LogP contribution in [0.2, 0.25) is 0 Å². The van der Waals surface area contributed by atoms with Crippen LogP contribution in [-0.2, 0) is 4.79 Å². The van der Waals surface area contributed by atoms with Gasteiger partial charge in [0.25, 0.3) is 0 Å². The Kier molecular flexibility index (Phi) is 2.55. The van der Waals surface area contributed by atoms with Gasteiger partial charge in [-0.25, -0.2) is 0 Å². The molecule has 1 heteroatoms. The Hall–Kier alpha value is -1.63. The number of carbonyl (C=O) groups excluding carboxylic acids is 1. The van der Waals surface area contributed by atoms with E-state index in [0.717, 1.165) is 5.22 Å². The highest BCUT2D eigenvalue weighted by molar-refractivity contribution is 5.91. The predicted octanol–water partition coefficient (Wildman–Crippen LogP) is 1.80. The van der Waals surface area contributed by atoms with Crippen molar-refractivity contribution in [3.63, 3.8) is 0 Å². The maximum atomic E-state index is 11.7. The third kappa shape index (κ3) is 1.73. The topological polar surface area (TPSA) is 17.1 Å². The molecule has 0 N–H and O–H groups in total. The Morgan fingerprint density at radius 1 is 1.25 bits per heavy atom. The van der Waals surface area contributed by atoms with Crippen molar-refractivity contribution in [2.45, 2.75) is 20.8 Å². The summed E-state index contributed by atoms with van der Waals surface area (Å²) >= 11 is 0. The Balaban J connectivity index is 2.81. The Bertz CT molecular complexity index is 578. The molecule has 0 radical (unpaired) electrons. The van der Waals surface area contributed by atoms with Crippen LogP contribution in [0.4, 0.5) is 0 Å². The van der Waals surface area contributed by atoms with Gasteiger partial charge in [-0.05, 0) is 36.8 Å². The Labute approximate surface area is 95.8 Å². The van der Waals surface area contributed by atoms with E-state index in [-0.39, 0.29) is 5.78 Å². The number of carbonyl (C=O) groups is 1. The molecule has 0 aromatic heterocycles. The molecule has 1 atom stereocenters. The van der Waals surface area contributed by atoms with Crippen molar-refractivity contribution in [3.8, 4) is 0 Å². The van der Waals surface area contributed by atoms with Crippen LogP contribution in [0.3, 0.4) is 0 Å². The minimum absolute atomic E-state index is 0.174. The van der Waals surface area contributed by atoms with E-state index < -0.39 is 5.41 Å². The van der Waals surface area contributed by atoms with Gasteiger partial charge >= 0.3 is 0 Å². The Morgan fingerprint density at radius 2 is 1.94 bits per heavy atom. The molecule has 0 heterocycles. The van der Waals surface area contributed by atoms with Crippen LogP contribution >= 0.6 is 0 Å². The lowest BCUT2D eigenvalue weighted by molar-refractivity contribution is -0.121. The number of allylic oxidation sites excluding steroid dienone is 2. The molecule has 0 spiro atoms. The molecule has 0 saturated carbocycles. The molecule has 2 rings (SSSR count). The molecule has 1 unspecified atom stereocenters. The van der Waals surface area contributed by atoms with Crippen LogP contribution in [0.25, 0.3) is 11.6 Å². The smallest absolute Gasteiger partial charge is 0.143 e. The summed E-state index contributed by atoms with van der Waals surface area (Å²) in [6.45, 7) is 5.68. The Morgan fingerprint density at radius 3 is 2.62 bits per heavy atom. The van der Waals surface area contributed by atoms with Crippen LogP contribution in [0.5, 0.6) is 0 Å². The van der Waals surface area contributed by atoms with E-state index in [2.05, 4.69) is 25.1 Å². The van der Waals surface area contributed by atoms with Crippen LogP contribution in [-0.4, -0.2) is 5.78 Å². The fourth-order valence-electron chi connectivity index (χ4n) is 1.96. The summed E-state index contributed by atoms with van der Waals surface area (Å²) in [6.07, 6.45) is 6.09. The van der Waals surface area contributed by atoms with Crippen LogP contribution in [0, 0.1) is 5.41 Å². The minimum atomic E-state index is -0.478. The summed E-state index contributed by atoms with van der Waals surface area (Å²) in [4.78, 5) is 11.7. The predicted molar refractivity (Wildman–Crippen MR) is 67.2 cm³/mol. The van der Waals surface area contributed by atoms with Crippen molar-refractivity contribution in [1.29, 1.82) is 0 Å². The second kappa shape index (κ2) is 3.75. The van der Waals surface area contributed by atoms with Crippen LogP contribution < -0.4 is 10.4 Å². The van der Waals surface area contributed by atoms with Gasteiger partial charge in [-0.2, -0.15) is 0 Å². The molecule has 0 saturated heterocycles. The van der Waals surface area contributed by atoms with Gasteiger partial charge in [0, 0.05) is 0 Å². The zero-order valence-electron chi connectivity index (χ0n) is 9.95. The normalized spacial score (nSPS) is 23.3. The quantitative estimate of drug-likeness (QED) is 0.694. The number of rotatable bonds is 1. The second-order valence-electron chi connectivity index (χ2n) is 4.59. The van der Waals surface area contributed by atoms with E-state index in [9.17, 15) is 4.79 Å². The highest BCUT2D eigenvalue weighted by Gasteiger charge is 2.24. The lowest BCUT2D eigenvalue weighted by Gasteiger charge is -2.16. The number of Topliss-reactive ketones (excluding diaryl/α,β-unsaturated/α-hetero) is 1. The molecule has 82 valence electrons. The van der Waals surface area contributed by atoms with Crippen LogP contribution in [0.1, 0.15) is 20.8 Å². The summed E-state index contributed by atoms with van der Waals surface area (Å²) in [5.74, 6) is 0.174. The lowest BCUT2D eigenvalue weighted by atomic mass is 9.85. The molecule has 0 aliphatic heterocycles. The van der Waals surface area contributed by atoms with Crippen molar-refractivity contribution in [1.82, 2.24) is 0 Å². The van der Waals surface area contributed by atoms with E-state index in [0.29, 0.717) is 0 Å². The van der Waals surface area contributed by atoms with Gasteiger partial charge in [-0.3, -0.25) is 4.79 Å². The monoisotopic (exact) mass is 212 g/mol. The SMILES string of the molecule is CC(=O)C1(C)C=CC(C)=c2ccccc2=C1. The van der Waals surface area contributed by atoms with Gasteiger partial charge in [-0.1, -0.05) is 42.5 Å². The zero-order valence-corrected chi connectivity index (χ0v) is 9.95. The molecule has 1 aromatic carbocycles. The molecule has 1 aromatic rings. The molecule has 16 heavy (non-hydrogen) atoms. The van der Waals surface area contributed by atoms with E-state index in [1.807, 2.05) is 31.2 Å². The van der Waals surface area contributed by atoms with Gasteiger partial charge in [0.05, 0.1) is 5.41 Å². The summed E-state index contributed by atoms with van der Waals surface area (Å²) < 4.78 is 0. The molecule has 0 amide bonds. The molecule has 1 nitrogen and oxygen atoms in total. The highest BCUT2D eigenvalue weighted by Crippen LogP contribution is 2.23. The first-order chi connectivity index (χ1) is 7.53. The molecule has 0 bridgehead atoms. The summed E-state index contributed by atoms with van der Waals surface area (Å²) in [7, 11) is 0. The van der Waals surface area contributed by atoms with E-state index >= 15 is 0 Å². The summed E-state index contributed by atoms with van der Waals surface area (Å²) in [5.41, 5.74) is 0.727. The van der Waals surface area contributed by atoms with Crippen molar-refractivity contribution in [2.24, 2.45) is 5.41 Å². The van der Waals surface area contributed by atoms with Crippen molar-refractivity contribution in [3.05, 3.63) is 46.9 Å². The standard InChI is InChI=1S/C15H16O/c1-11-8-9-15(3,12(2)16)10-13-6-4-5-7-14(11)13/h4-10H,1-3H3. The highest BCUT2D eigenvalue weighted by atomic mass is 16.1. The molecule has 0 fully saturated rings. The van der Waals surface area contributed by atoms with Gasteiger partial charge in [0.2, 0.25) is 0 Å². The first-order valence-electron chi connectivity index (χ1n) is 5.52. The second-order valence-corrected chi connectivity index (χ2v) is 4.59. The van der Waals surface area contributed by atoms with Crippen LogP contribution in [0.15, 0.2) is 36.4 Å². The maximum Gasteiger partial charge on any atom is 0.143 e. The van der Waals surface area contributed by atoms with E-state index in [4.69, 9.17) is 0 Å².